The molecule has 0 aliphatic carbocycles. The Balaban J connectivity index is 5.75. The summed E-state index contributed by atoms with van der Waals surface area (Å²) in [5.41, 5.74) is -5.67. The summed E-state index contributed by atoms with van der Waals surface area (Å²) in [7, 11) is 0. The number of hydrogen-bond donors (Lipinski definition) is 0. The fourth-order valence-corrected chi connectivity index (χ4v) is 1.52. The Kier molecular flexibility index (Phi) is 4.81. The van der Waals surface area contributed by atoms with Crippen LogP contribution in [0.4, 0.5) is 39.5 Å². The minimum absolute atomic E-state index is 0.392. The highest BCUT2D eigenvalue weighted by Crippen LogP contribution is 2.61. The van der Waals surface area contributed by atoms with Crippen molar-refractivity contribution in [1.29, 1.82) is 0 Å². The maximum Gasteiger partial charge on any atom is 0.412 e. The van der Waals surface area contributed by atoms with Gasteiger partial charge in [-0.1, -0.05) is 15.9 Å². The second-order valence-electron chi connectivity index (χ2n) is 3.19. The molecular formula is C7H6BrF9. The smallest absolute Gasteiger partial charge is 0.170 e. The first kappa shape index (κ1) is 16.9. The molecule has 0 saturated carbocycles. The molecule has 0 amide bonds. The van der Waals surface area contributed by atoms with Crippen LogP contribution in [0.2, 0.25) is 0 Å². The zero-order chi connectivity index (χ0) is 14.1. The van der Waals surface area contributed by atoms with Crippen molar-refractivity contribution in [2.24, 2.45) is 5.41 Å². The lowest BCUT2D eigenvalue weighted by Gasteiger charge is -2.38. The molecule has 0 unspecified atom stereocenters. The Hall–Kier alpha value is -0.150. The van der Waals surface area contributed by atoms with Crippen molar-refractivity contribution >= 4 is 15.9 Å². The van der Waals surface area contributed by atoms with Crippen LogP contribution in [0.15, 0.2) is 0 Å². The van der Waals surface area contributed by atoms with Gasteiger partial charge in [-0.3, -0.25) is 0 Å². The minimum Gasteiger partial charge on any atom is -0.170 e. The summed E-state index contributed by atoms with van der Waals surface area (Å²) in [4.78, 5) is 0. The Morgan fingerprint density at radius 2 is 0.941 bits per heavy atom. The van der Waals surface area contributed by atoms with Crippen molar-refractivity contribution in [1.82, 2.24) is 0 Å². The van der Waals surface area contributed by atoms with Crippen molar-refractivity contribution in [3.63, 3.8) is 0 Å². The van der Waals surface area contributed by atoms with Gasteiger partial charge >= 0.3 is 18.5 Å². The van der Waals surface area contributed by atoms with Gasteiger partial charge in [0.2, 0.25) is 0 Å². The topological polar surface area (TPSA) is 0 Å². The molecule has 0 spiro atoms. The molecule has 10 heteroatoms. The highest BCUT2D eigenvalue weighted by Gasteiger charge is 2.82. The van der Waals surface area contributed by atoms with Crippen LogP contribution >= 0.6 is 15.9 Å². The maximum atomic E-state index is 12.2. The van der Waals surface area contributed by atoms with Crippen molar-refractivity contribution in [3.8, 4) is 0 Å². The molecule has 0 atom stereocenters. The standard InChI is InChI=1S/C7H6BrF9/c8-3-1-2-4(5(9,10)11,6(12,13)14)7(15,16)17/h1-3H2. The fourth-order valence-electron chi connectivity index (χ4n) is 1.24. The molecule has 0 aliphatic rings. The van der Waals surface area contributed by atoms with Gasteiger partial charge in [0.05, 0.1) is 0 Å². The summed E-state index contributed by atoms with van der Waals surface area (Å²) < 4.78 is 110. The SMILES string of the molecule is FC(F)(F)C(CCCBr)(C(F)(F)F)C(F)(F)F. The lowest BCUT2D eigenvalue weighted by atomic mass is 9.81. The first-order valence-electron chi connectivity index (χ1n) is 4.07. The molecule has 0 radical (unpaired) electrons. The average Bonchev–Trinajstić information content (AvgIpc) is 1.96. The summed E-state index contributed by atoms with van der Waals surface area (Å²) in [5.74, 6) is 0. The Morgan fingerprint density at radius 3 is 1.12 bits per heavy atom. The van der Waals surface area contributed by atoms with Crippen LogP contribution in [0, 0.1) is 5.41 Å². The first-order valence-corrected chi connectivity index (χ1v) is 5.19. The van der Waals surface area contributed by atoms with Crippen LogP contribution in [-0.4, -0.2) is 23.9 Å². The Labute approximate surface area is 98.3 Å². The van der Waals surface area contributed by atoms with Gasteiger partial charge in [0, 0.05) is 5.33 Å². The molecule has 0 bridgehead atoms. The highest BCUT2D eigenvalue weighted by atomic mass is 79.9. The molecule has 0 aromatic carbocycles. The minimum atomic E-state index is -6.44. The second kappa shape index (κ2) is 4.85. The van der Waals surface area contributed by atoms with Gasteiger partial charge in [-0.05, 0) is 12.8 Å². The fraction of sp³-hybridized carbons (Fsp3) is 1.00. The van der Waals surface area contributed by atoms with Gasteiger partial charge < -0.3 is 0 Å². The molecule has 0 fully saturated rings. The van der Waals surface area contributed by atoms with Gasteiger partial charge in [0.1, 0.15) is 0 Å². The predicted molar refractivity (Wildman–Crippen MR) is 43.6 cm³/mol. The lowest BCUT2D eigenvalue weighted by Crippen LogP contribution is -2.59. The third-order valence-electron chi connectivity index (χ3n) is 2.14. The van der Waals surface area contributed by atoms with Gasteiger partial charge in [0.15, 0.2) is 0 Å². The van der Waals surface area contributed by atoms with Crippen molar-refractivity contribution in [2.45, 2.75) is 31.4 Å². The zero-order valence-electron chi connectivity index (χ0n) is 7.90. The lowest BCUT2D eigenvalue weighted by molar-refractivity contribution is -0.428. The molecule has 0 nitrogen and oxygen atoms in total. The monoisotopic (exact) mass is 340 g/mol. The van der Waals surface area contributed by atoms with E-state index in [-0.39, 0.29) is 0 Å². The summed E-state index contributed by atoms with van der Waals surface area (Å²) >= 11 is 2.50. The summed E-state index contributed by atoms with van der Waals surface area (Å²) in [5, 5.41) is -0.392. The van der Waals surface area contributed by atoms with Crippen LogP contribution in [0.1, 0.15) is 12.8 Å². The maximum absolute atomic E-state index is 12.2. The molecular weight excluding hydrogens is 335 g/mol. The quantitative estimate of drug-likeness (QED) is 0.509. The summed E-state index contributed by atoms with van der Waals surface area (Å²) in [6, 6.07) is 0. The largest absolute Gasteiger partial charge is 0.412 e. The van der Waals surface area contributed by atoms with Crippen LogP contribution in [0.5, 0.6) is 0 Å². The van der Waals surface area contributed by atoms with E-state index in [2.05, 4.69) is 15.9 Å². The van der Waals surface area contributed by atoms with Gasteiger partial charge in [-0.15, -0.1) is 0 Å². The van der Waals surface area contributed by atoms with E-state index in [4.69, 9.17) is 0 Å². The predicted octanol–water partition coefficient (Wildman–Crippen LogP) is 4.83. The van der Waals surface area contributed by atoms with Crippen molar-refractivity contribution in [3.05, 3.63) is 0 Å². The third kappa shape index (κ3) is 3.00. The first-order chi connectivity index (χ1) is 7.31. The zero-order valence-corrected chi connectivity index (χ0v) is 9.49. The van der Waals surface area contributed by atoms with E-state index >= 15 is 0 Å². The molecule has 0 rings (SSSR count). The molecule has 0 heterocycles. The summed E-state index contributed by atoms with van der Waals surface area (Å²) in [6.07, 6.45) is -22.3. The Bertz CT molecular complexity index is 212. The number of alkyl halides is 10. The Morgan fingerprint density at radius 1 is 0.647 bits per heavy atom. The molecule has 0 aromatic heterocycles. The second-order valence-corrected chi connectivity index (χ2v) is 3.98. The van der Waals surface area contributed by atoms with Crippen LogP contribution in [0.3, 0.4) is 0 Å². The van der Waals surface area contributed by atoms with E-state index in [1.54, 1.807) is 0 Å². The molecule has 0 saturated heterocycles. The van der Waals surface area contributed by atoms with Gasteiger partial charge in [-0.2, -0.15) is 39.5 Å². The molecule has 17 heavy (non-hydrogen) atoms. The van der Waals surface area contributed by atoms with Gasteiger partial charge in [0.25, 0.3) is 5.41 Å². The van der Waals surface area contributed by atoms with Crippen molar-refractivity contribution in [2.75, 3.05) is 5.33 Å². The van der Waals surface area contributed by atoms with E-state index in [1.165, 1.54) is 0 Å². The van der Waals surface area contributed by atoms with Crippen LogP contribution in [0.25, 0.3) is 0 Å². The van der Waals surface area contributed by atoms with E-state index < -0.39 is 42.1 Å². The van der Waals surface area contributed by atoms with Crippen molar-refractivity contribution < 1.29 is 39.5 Å². The number of hydrogen-bond acceptors (Lipinski definition) is 0. The summed E-state index contributed by atoms with van der Waals surface area (Å²) in [6.45, 7) is 0. The molecule has 0 N–H and O–H groups in total. The number of halogens is 10. The van der Waals surface area contributed by atoms with E-state index in [1.807, 2.05) is 0 Å². The highest BCUT2D eigenvalue weighted by molar-refractivity contribution is 9.09. The molecule has 0 aliphatic heterocycles. The molecule has 104 valence electrons. The van der Waals surface area contributed by atoms with Crippen LogP contribution < -0.4 is 0 Å². The number of rotatable bonds is 3. The normalized spacial score (nSPS) is 15.2. The van der Waals surface area contributed by atoms with E-state index in [0.717, 1.165) is 0 Å². The van der Waals surface area contributed by atoms with Gasteiger partial charge in [-0.25, -0.2) is 0 Å². The van der Waals surface area contributed by atoms with E-state index in [9.17, 15) is 39.5 Å². The third-order valence-corrected chi connectivity index (χ3v) is 2.70. The molecule has 0 aromatic rings. The van der Waals surface area contributed by atoms with Crippen LogP contribution in [-0.2, 0) is 0 Å². The average molecular weight is 341 g/mol. The van der Waals surface area contributed by atoms with E-state index in [0.29, 0.717) is 0 Å².